The van der Waals surface area contributed by atoms with Gasteiger partial charge in [0.1, 0.15) is 12.1 Å². The van der Waals surface area contributed by atoms with Crippen molar-refractivity contribution < 1.29 is 18.0 Å². The number of nitrogens with zero attached hydrogens (tertiary/aromatic N) is 6. The number of anilines is 2. The van der Waals surface area contributed by atoms with Gasteiger partial charge in [0, 0.05) is 35.5 Å². The van der Waals surface area contributed by atoms with E-state index in [0.717, 1.165) is 17.8 Å². The number of carbonyl (C=O) groups is 1. The zero-order chi connectivity index (χ0) is 27.8. The predicted molar refractivity (Wildman–Crippen MR) is 140 cm³/mol. The zero-order valence-electron chi connectivity index (χ0n) is 21.4. The molecular formula is C27H25F3N8O. The Bertz CT molecular complexity index is 1600. The third-order valence-electron chi connectivity index (χ3n) is 6.17. The molecule has 3 heterocycles. The van der Waals surface area contributed by atoms with Crippen molar-refractivity contribution in [1.82, 2.24) is 29.1 Å². The first-order valence-corrected chi connectivity index (χ1v) is 12.0. The Morgan fingerprint density at radius 2 is 1.74 bits per heavy atom. The normalized spacial score (nSPS) is 17.1. The van der Waals surface area contributed by atoms with Crippen LogP contribution >= 0.6 is 0 Å². The van der Waals surface area contributed by atoms with Crippen molar-refractivity contribution in [2.45, 2.75) is 38.9 Å². The Labute approximate surface area is 222 Å². The Kier molecular flexibility index (Phi) is 6.54. The Morgan fingerprint density at radius 3 is 2.36 bits per heavy atom. The van der Waals surface area contributed by atoms with Crippen LogP contribution < -0.4 is 10.6 Å². The summed E-state index contributed by atoms with van der Waals surface area (Å²) in [6.07, 6.45) is 9.19. The van der Waals surface area contributed by atoms with Crippen LogP contribution in [0, 0.1) is 13.8 Å². The van der Waals surface area contributed by atoms with Gasteiger partial charge >= 0.3 is 6.18 Å². The number of carbonyl (C=O) groups excluding carboxylic acids is 1. The van der Waals surface area contributed by atoms with Crippen LogP contribution in [-0.2, 0) is 11.0 Å². The predicted octanol–water partition coefficient (Wildman–Crippen LogP) is 5.18. The molecule has 200 valence electrons. The molecule has 0 saturated heterocycles. The number of nitrogens with one attached hydrogen (secondary N) is 2. The average Bonchev–Trinajstić information content (AvgIpc) is 3.52. The lowest BCUT2D eigenvalue weighted by atomic mass is 9.90. The zero-order valence-corrected chi connectivity index (χ0v) is 21.4. The number of halogens is 3. The lowest BCUT2D eigenvalue weighted by Crippen LogP contribution is -2.35. The quantitative estimate of drug-likeness (QED) is 0.354. The Hall–Kier alpha value is -4.74. The van der Waals surface area contributed by atoms with E-state index in [1.807, 2.05) is 26.1 Å². The van der Waals surface area contributed by atoms with Crippen LogP contribution in [0.4, 0.5) is 24.8 Å². The van der Waals surface area contributed by atoms with Gasteiger partial charge < -0.3 is 15.2 Å². The lowest BCUT2D eigenvalue weighted by molar-refractivity contribution is -0.137. The second-order valence-corrected chi connectivity index (χ2v) is 9.54. The lowest BCUT2D eigenvalue weighted by Gasteiger charge is -2.29. The number of hydrogen-bond acceptors (Lipinski definition) is 6. The summed E-state index contributed by atoms with van der Waals surface area (Å²) in [6, 6.07) is 5.16. The van der Waals surface area contributed by atoms with Crippen LogP contribution in [0.2, 0.25) is 0 Å². The van der Waals surface area contributed by atoms with E-state index in [2.05, 4.69) is 30.6 Å². The van der Waals surface area contributed by atoms with Crippen LogP contribution in [0.5, 0.6) is 0 Å². The molecule has 3 aromatic heterocycles. The van der Waals surface area contributed by atoms with Gasteiger partial charge in [-0.3, -0.25) is 9.36 Å². The first-order valence-electron chi connectivity index (χ1n) is 12.0. The van der Waals surface area contributed by atoms with Crippen molar-refractivity contribution in [3.8, 4) is 11.5 Å². The minimum atomic E-state index is -4.58. The molecule has 0 radical (unpaired) electrons. The molecule has 0 saturated carbocycles. The highest BCUT2D eigenvalue weighted by Crippen LogP contribution is 2.33. The molecule has 5 rings (SSSR count). The van der Waals surface area contributed by atoms with Gasteiger partial charge in [0.2, 0.25) is 5.95 Å². The summed E-state index contributed by atoms with van der Waals surface area (Å²) in [5, 5.41) is 5.88. The summed E-state index contributed by atoms with van der Waals surface area (Å²) in [5.74, 6) is 0.533. The number of aryl methyl sites for hydroxylation is 2. The van der Waals surface area contributed by atoms with E-state index in [1.165, 1.54) is 17.0 Å². The van der Waals surface area contributed by atoms with Gasteiger partial charge in [-0.1, -0.05) is 18.2 Å². The van der Waals surface area contributed by atoms with Gasteiger partial charge in [-0.15, -0.1) is 0 Å². The van der Waals surface area contributed by atoms with E-state index in [1.54, 1.807) is 48.4 Å². The van der Waals surface area contributed by atoms with Gasteiger partial charge in [-0.25, -0.2) is 15.0 Å². The highest BCUT2D eigenvalue weighted by atomic mass is 19.4. The standard InChI is InChI=1S/C27H25F3N8O/c1-17-13-37(15-32-17)22-11-20(27(28,29)30)10-21(12-22)34-24(39)19-4-7-26(3,8-5-19)36-25-31-9-6-23(35-25)38-14-18(2)33-16-38/h4-7,9-16H,8H2,1-3H3,(H,34,39)(H,31,35,36). The van der Waals surface area contributed by atoms with Crippen LogP contribution in [0.25, 0.3) is 11.5 Å². The summed E-state index contributed by atoms with van der Waals surface area (Å²) in [4.78, 5) is 30.1. The molecule has 4 aromatic rings. The maximum Gasteiger partial charge on any atom is 0.416 e. The highest BCUT2D eigenvalue weighted by Gasteiger charge is 2.32. The van der Waals surface area contributed by atoms with Crippen molar-refractivity contribution in [2.24, 2.45) is 0 Å². The average molecular weight is 535 g/mol. The van der Waals surface area contributed by atoms with Gasteiger partial charge in [-0.2, -0.15) is 18.2 Å². The highest BCUT2D eigenvalue weighted by molar-refractivity contribution is 6.06. The summed E-state index contributed by atoms with van der Waals surface area (Å²) in [5.41, 5.74) is 0.640. The SMILES string of the molecule is Cc1cn(-c2cc(NC(=O)C3=CCC(C)(Nc4nccc(-n5cnc(C)c5)n4)C=C3)cc(C(F)(F)F)c2)cn1. The second kappa shape index (κ2) is 9.86. The molecular weight excluding hydrogens is 509 g/mol. The van der Waals surface area contributed by atoms with Crippen molar-refractivity contribution in [2.75, 3.05) is 10.6 Å². The molecule has 1 amide bonds. The minimum Gasteiger partial charge on any atom is -0.345 e. The van der Waals surface area contributed by atoms with Crippen molar-refractivity contribution in [3.05, 3.63) is 96.3 Å². The van der Waals surface area contributed by atoms with Gasteiger partial charge in [0.25, 0.3) is 5.91 Å². The minimum absolute atomic E-state index is 0.0249. The van der Waals surface area contributed by atoms with E-state index < -0.39 is 23.2 Å². The molecule has 12 heteroatoms. The molecule has 0 fully saturated rings. The molecule has 1 atom stereocenters. The molecule has 9 nitrogen and oxygen atoms in total. The molecule has 0 spiro atoms. The third kappa shape index (κ3) is 5.89. The molecule has 1 unspecified atom stereocenters. The van der Waals surface area contributed by atoms with Crippen molar-refractivity contribution >= 4 is 17.5 Å². The summed E-state index contributed by atoms with van der Waals surface area (Å²) >= 11 is 0. The first-order chi connectivity index (χ1) is 18.5. The number of imidazole rings is 2. The smallest absolute Gasteiger partial charge is 0.345 e. The number of amides is 1. The van der Waals surface area contributed by atoms with Crippen molar-refractivity contribution in [1.29, 1.82) is 0 Å². The van der Waals surface area contributed by atoms with Crippen LogP contribution in [0.1, 0.15) is 30.3 Å². The van der Waals surface area contributed by atoms with E-state index >= 15 is 0 Å². The summed E-state index contributed by atoms with van der Waals surface area (Å²) in [6.45, 7) is 5.55. The second-order valence-electron chi connectivity index (χ2n) is 9.54. The first kappa shape index (κ1) is 25.9. The van der Waals surface area contributed by atoms with E-state index in [0.29, 0.717) is 29.5 Å². The molecule has 0 bridgehead atoms. The molecule has 1 aliphatic rings. The van der Waals surface area contributed by atoms with Crippen LogP contribution in [-0.4, -0.2) is 40.5 Å². The molecule has 0 aliphatic heterocycles. The van der Waals surface area contributed by atoms with Gasteiger partial charge in [0.05, 0.1) is 28.8 Å². The fourth-order valence-corrected chi connectivity index (χ4v) is 4.11. The summed E-state index contributed by atoms with van der Waals surface area (Å²) < 4.78 is 44.0. The van der Waals surface area contributed by atoms with Gasteiger partial charge in [0.15, 0.2) is 0 Å². The molecule has 1 aromatic carbocycles. The number of rotatable bonds is 6. The maximum absolute atomic E-state index is 13.6. The van der Waals surface area contributed by atoms with Crippen LogP contribution in [0.15, 0.2) is 79.3 Å². The Morgan fingerprint density at radius 1 is 1.03 bits per heavy atom. The monoisotopic (exact) mass is 534 g/mol. The molecule has 2 N–H and O–H groups in total. The molecule has 1 aliphatic carbocycles. The van der Waals surface area contributed by atoms with E-state index in [9.17, 15) is 18.0 Å². The van der Waals surface area contributed by atoms with Gasteiger partial charge in [-0.05, 0) is 51.5 Å². The Balaban J connectivity index is 1.30. The molecule has 39 heavy (non-hydrogen) atoms. The maximum atomic E-state index is 13.6. The van der Waals surface area contributed by atoms with Crippen LogP contribution in [0.3, 0.4) is 0 Å². The number of hydrogen-bond donors (Lipinski definition) is 2. The van der Waals surface area contributed by atoms with Crippen molar-refractivity contribution in [3.63, 3.8) is 0 Å². The topological polar surface area (TPSA) is 103 Å². The van der Waals surface area contributed by atoms with E-state index in [-0.39, 0.29) is 11.4 Å². The van der Waals surface area contributed by atoms with E-state index in [4.69, 9.17) is 0 Å². The summed E-state index contributed by atoms with van der Waals surface area (Å²) in [7, 11) is 0. The number of alkyl halides is 3. The largest absolute Gasteiger partial charge is 0.416 e. The number of aromatic nitrogens is 6. The number of benzene rings is 1. The fraction of sp³-hybridized carbons (Fsp3) is 0.222. The fourth-order valence-electron chi connectivity index (χ4n) is 4.11. The third-order valence-corrected chi connectivity index (χ3v) is 6.17.